The Kier molecular flexibility index (Phi) is 3.16. The van der Waals surface area contributed by atoms with Gasteiger partial charge in [0.05, 0.1) is 10.9 Å². The Bertz CT molecular complexity index is 780. The maximum Gasteiger partial charge on any atom is 0.392 e. The first kappa shape index (κ1) is 14.3. The van der Waals surface area contributed by atoms with Gasteiger partial charge in [-0.15, -0.1) is 0 Å². The van der Waals surface area contributed by atoms with Crippen LogP contribution in [0.5, 0.6) is 5.75 Å². The Morgan fingerprint density at radius 3 is 2.67 bits per heavy atom. The number of aromatic hydroxyl groups is 1. The van der Waals surface area contributed by atoms with Gasteiger partial charge in [0.2, 0.25) is 0 Å². The lowest BCUT2D eigenvalue weighted by atomic mass is 9.83. The van der Waals surface area contributed by atoms with Crippen molar-refractivity contribution in [1.82, 2.24) is 0 Å². The van der Waals surface area contributed by atoms with Crippen LogP contribution in [0, 0.1) is 5.92 Å². The Labute approximate surface area is 121 Å². The molecule has 1 aromatic heterocycles. The van der Waals surface area contributed by atoms with Gasteiger partial charge in [-0.25, -0.2) is 4.79 Å². The quantitative estimate of drug-likeness (QED) is 0.751. The van der Waals surface area contributed by atoms with Crippen molar-refractivity contribution in [2.24, 2.45) is 5.92 Å². The van der Waals surface area contributed by atoms with Crippen molar-refractivity contribution in [3.05, 3.63) is 38.7 Å². The number of aryl methyl sites for hydroxylation is 1. The zero-order valence-electron chi connectivity index (χ0n) is 10.6. The van der Waals surface area contributed by atoms with Crippen LogP contribution in [0.25, 0.3) is 11.0 Å². The molecular formula is C14H10ClF3O3. The Morgan fingerprint density at radius 2 is 2.00 bits per heavy atom. The van der Waals surface area contributed by atoms with Gasteiger partial charge in [-0.3, -0.25) is 0 Å². The highest BCUT2D eigenvalue weighted by Crippen LogP contribution is 2.39. The number of hydrogen-bond acceptors (Lipinski definition) is 3. The lowest BCUT2D eigenvalue weighted by molar-refractivity contribution is -0.177. The monoisotopic (exact) mass is 318 g/mol. The average Bonchev–Trinajstić information content (AvgIpc) is 2.40. The van der Waals surface area contributed by atoms with E-state index >= 15 is 0 Å². The van der Waals surface area contributed by atoms with Gasteiger partial charge in [0.25, 0.3) is 0 Å². The van der Waals surface area contributed by atoms with Crippen molar-refractivity contribution in [2.75, 3.05) is 0 Å². The molecule has 1 atom stereocenters. The van der Waals surface area contributed by atoms with Crippen LogP contribution in [-0.2, 0) is 12.8 Å². The fourth-order valence-corrected chi connectivity index (χ4v) is 2.91. The third-order valence-electron chi connectivity index (χ3n) is 3.84. The minimum absolute atomic E-state index is 0.0535. The number of hydrogen-bond donors (Lipinski definition) is 1. The molecule has 1 heterocycles. The Hall–Kier alpha value is -1.69. The fraction of sp³-hybridized carbons (Fsp3) is 0.357. The lowest BCUT2D eigenvalue weighted by Gasteiger charge is -2.26. The molecule has 0 saturated heterocycles. The summed E-state index contributed by atoms with van der Waals surface area (Å²) in [5.74, 6) is -1.77. The summed E-state index contributed by atoms with van der Waals surface area (Å²) in [6.45, 7) is 0. The molecule has 3 rings (SSSR count). The van der Waals surface area contributed by atoms with Crippen LogP contribution in [0.3, 0.4) is 0 Å². The van der Waals surface area contributed by atoms with Crippen LogP contribution in [0.1, 0.15) is 17.5 Å². The van der Waals surface area contributed by atoms with E-state index in [0.29, 0.717) is 10.9 Å². The van der Waals surface area contributed by atoms with Crippen molar-refractivity contribution in [3.8, 4) is 5.75 Å². The fourth-order valence-electron chi connectivity index (χ4n) is 2.75. The molecule has 0 spiro atoms. The molecule has 0 saturated carbocycles. The highest BCUT2D eigenvalue weighted by molar-refractivity contribution is 6.32. The second-order valence-electron chi connectivity index (χ2n) is 5.13. The molecule has 0 fully saturated rings. The molecule has 1 unspecified atom stereocenters. The SMILES string of the molecule is O=c1oc2cc(O)c(Cl)cc2c2c1CC(C(F)(F)F)CC2. The molecule has 1 N–H and O–H groups in total. The molecule has 0 aliphatic heterocycles. The molecule has 1 aromatic carbocycles. The number of phenolic OH excluding ortho intramolecular Hbond substituents is 1. The lowest BCUT2D eigenvalue weighted by Crippen LogP contribution is -2.31. The summed E-state index contributed by atoms with van der Waals surface area (Å²) in [6, 6.07) is 2.62. The Morgan fingerprint density at radius 1 is 1.29 bits per heavy atom. The van der Waals surface area contributed by atoms with E-state index < -0.39 is 17.7 Å². The van der Waals surface area contributed by atoms with Gasteiger partial charge in [0.1, 0.15) is 11.3 Å². The minimum atomic E-state index is -4.33. The summed E-state index contributed by atoms with van der Waals surface area (Å²) in [5.41, 5.74) is -0.0687. The summed E-state index contributed by atoms with van der Waals surface area (Å²) in [5, 5.41) is 10.1. The highest BCUT2D eigenvalue weighted by Gasteiger charge is 2.42. The zero-order valence-corrected chi connectivity index (χ0v) is 11.4. The molecule has 0 bridgehead atoms. The van der Waals surface area contributed by atoms with Crippen LogP contribution in [0.15, 0.2) is 21.3 Å². The van der Waals surface area contributed by atoms with E-state index in [4.69, 9.17) is 16.0 Å². The van der Waals surface area contributed by atoms with E-state index in [-0.39, 0.29) is 41.2 Å². The predicted octanol–water partition coefficient (Wildman–Crippen LogP) is 3.82. The molecule has 21 heavy (non-hydrogen) atoms. The van der Waals surface area contributed by atoms with Crippen molar-refractivity contribution in [3.63, 3.8) is 0 Å². The summed E-state index contributed by atoms with van der Waals surface area (Å²) >= 11 is 5.82. The maximum absolute atomic E-state index is 12.8. The summed E-state index contributed by atoms with van der Waals surface area (Å²) < 4.78 is 43.4. The molecular weight excluding hydrogens is 309 g/mol. The molecule has 0 amide bonds. The third kappa shape index (κ3) is 2.37. The molecule has 3 nitrogen and oxygen atoms in total. The first-order valence-corrected chi connectivity index (χ1v) is 6.69. The number of phenols is 1. The molecule has 112 valence electrons. The van der Waals surface area contributed by atoms with Crippen molar-refractivity contribution < 1.29 is 22.7 Å². The van der Waals surface area contributed by atoms with Gasteiger partial charge in [-0.1, -0.05) is 11.6 Å². The number of halogens is 4. The highest BCUT2D eigenvalue weighted by atomic mass is 35.5. The molecule has 1 aliphatic carbocycles. The maximum atomic E-state index is 12.8. The van der Waals surface area contributed by atoms with Crippen LogP contribution in [-0.4, -0.2) is 11.3 Å². The van der Waals surface area contributed by atoms with Gasteiger partial charge in [-0.2, -0.15) is 13.2 Å². The van der Waals surface area contributed by atoms with E-state index in [9.17, 15) is 23.1 Å². The first-order chi connectivity index (χ1) is 9.77. The number of benzene rings is 1. The molecule has 1 aliphatic rings. The summed E-state index contributed by atoms with van der Waals surface area (Å²) in [6.07, 6.45) is -4.66. The first-order valence-electron chi connectivity index (χ1n) is 6.31. The molecule has 0 radical (unpaired) electrons. The number of rotatable bonds is 0. The second-order valence-corrected chi connectivity index (χ2v) is 5.53. The Balaban J connectivity index is 2.20. The van der Waals surface area contributed by atoms with Gasteiger partial charge in [0.15, 0.2) is 0 Å². The summed E-state index contributed by atoms with van der Waals surface area (Å²) in [7, 11) is 0. The van der Waals surface area contributed by atoms with Crippen molar-refractivity contribution in [1.29, 1.82) is 0 Å². The van der Waals surface area contributed by atoms with Crippen LogP contribution >= 0.6 is 11.6 Å². The smallest absolute Gasteiger partial charge is 0.392 e. The van der Waals surface area contributed by atoms with E-state index in [1.807, 2.05) is 0 Å². The topological polar surface area (TPSA) is 50.4 Å². The largest absolute Gasteiger partial charge is 0.506 e. The van der Waals surface area contributed by atoms with Crippen LogP contribution < -0.4 is 5.63 Å². The molecule has 2 aromatic rings. The van der Waals surface area contributed by atoms with E-state index in [1.54, 1.807) is 0 Å². The number of alkyl halides is 3. The van der Waals surface area contributed by atoms with Gasteiger partial charge in [-0.05, 0) is 30.9 Å². The van der Waals surface area contributed by atoms with Crippen LogP contribution in [0.4, 0.5) is 13.2 Å². The zero-order chi connectivity index (χ0) is 15.4. The minimum Gasteiger partial charge on any atom is -0.506 e. The summed E-state index contributed by atoms with van der Waals surface area (Å²) in [4.78, 5) is 11.9. The van der Waals surface area contributed by atoms with Gasteiger partial charge < -0.3 is 9.52 Å². The van der Waals surface area contributed by atoms with Gasteiger partial charge >= 0.3 is 11.8 Å². The molecule has 7 heteroatoms. The number of fused-ring (bicyclic) bond motifs is 3. The average molecular weight is 319 g/mol. The van der Waals surface area contributed by atoms with Crippen molar-refractivity contribution >= 4 is 22.6 Å². The third-order valence-corrected chi connectivity index (χ3v) is 4.15. The van der Waals surface area contributed by atoms with E-state index in [1.165, 1.54) is 12.1 Å². The standard InChI is InChI=1S/C14H10ClF3O3/c15-10-4-8-7-2-1-6(14(16,17)18)3-9(7)13(20)21-12(8)5-11(10)19/h4-6,19H,1-3H2. The van der Waals surface area contributed by atoms with Gasteiger partial charge in [0, 0.05) is 17.0 Å². The van der Waals surface area contributed by atoms with E-state index in [2.05, 4.69) is 0 Å². The second kappa shape index (κ2) is 4.66. The van der Waals surface area contributed by atoms with Crippen molar-refractivity contribution in [2.45, 2.75) is 25.4 Å². The van der Waals surface area contributed by atoms with Crippen LogP contribution in [0.2, 0.25) is 5.02 Å². The predicted molar refractivity (Wildman–Crippen MR) is 70.7 cm³/mol. The van der Waals surface area contributed by atoms with E-state index in [0.717, 1.165) is 0 Å². The normalized spacial score (nSPS) is 18.8.